The molecule has 2 atom stereocenters. The highest BCUT2D eigenvalue weighted by atomic mass is 16.5. The van der Waals surface area contributed by atoms with E-state index < -0.39 is 0 Å². The molecule has 3 rings (SSSR count). The lowest BCUT2D eigenvalue weighted by molar-refractivity contribution is 0.0112. The molecule has 2 fully saturated rings. The number of hydrogen-bond acceptors (Lipinski definition) is 3. The van der Waals surface area contributed by atoms with Gasteiger partial charge < -0.3 is 10.1 Å². The lowest BCUT2D eigenvalue weighted by atomic mass is 9.66. The summed E-state index contributed by atoms with van der Waals surface area (Å²) >= 11 is 0. The average Bonchev–Trinajstić information content (AvgIpc) is 2.54. The zero-order chi connectivity index (χ0) is 14.5. The molecule has 1 amide bonds. The number of hydrogen-bond donors (Lipinski definition) is 2. The first-order valence-corrected chi connectivity index (χ1v) is 8.01. The predicted molar refractivity (Wildman–Crippen MR) is 83.3 cm³/mol. The number of fused-ring (bicyclic) bond motifs is 1. The molecule has 0 unspecified atom stereocenters. The van der Waals surface area contributed by atoms with Crippen LogP contribution >= 0.6 is 0 Å². The Morgan fingerprint density at radius 1 is 1.24 bits per heavy atom. The number of amides is 1. The van der Waals surface area contributed by atoms with Crippen LogP contribution in [0.5, 0.6) is 0 Å². The summed E-state index contributed by atoms with van der Waals surface area (Å²) < 4.78 is 5.56. The third kappa shape index (κ3) is 3.38. The summed E-state index contributed by atoms with van der Waals surface area (Å²) in [6.45, 7) is 1.63. The van der Waals surface area contributed by atoms with E-state index in [4.69, 9.17) is 4.74 Å². The summed E-state index contributed by atoms with van der Waals surface area (Å²) in [6.07, 6.45) is 6.93. The summed E-state index contributed by atoms with van der Waals surface area (Å²) in [6, 6.07) is 9.98. The van der Waals surface area contributed by atoms with E-state index in [1.54, 1.807) is 0 Å². The Morgan fingerprint density at radius 2 is 2.05 bits per heavy atom. The minimum Gasteiger partial charge on any atom is -0.449 e. The van der Waals surface area contributed by atoms with E-state index >= 15 is 0 Å². The van der Waals surface area contributed by atoms with Crippen molar-refractivity contribution in [3.05, 3.63) is 30.3 Å². The Labute approximate surface area is 126 Å². The van der Waals surface area contributed by atoms with Crippen molar-refractivity contribution in [3.8, 4) is 0 Å². The summed E-state index contributed by atoms with van der Waals surface area (Å²) in [7, 11) is 0. The number of nitrogens with one attached hydrogen (secondary N) is 2. The van der Waals surface area contributed by atoms with Crippen molar-refractivity contribution >= 4 is 11.8 Å². The Kier molecular flexibility index (Phi) is 4.44. The summed E-state index contributed by atoms with van der Waals surface area (Å²) in [5, 5.41) is 6.42. The first-order chi connectivity index (χ1) is 10.3. The van der Waals surface area contributed by atoms with Gasteiger partial charge in [0.05, 0.1) is 0 Å². The summed E-state index contributed by atoms with van der Waals surface area (Å²) in [5.74, 6) is 0. The molecular weight excluding hydrogens is 264 g/mol. The average molecular weight is 288 g/mol. The van der Waals surface area contributed by atoms with Gasteiger partial charge in [-0.15, -0.1) is 0 Å². The summed E-state index contributed by atoms with van der Waals surface area (Å²) in [4.78, 5) is 12.0. The van der Waals surface area contributed by atoms with Crippen LogP contribution in [0.4, 0.5) is 10.5 Å². The standard InChI is InChI=1S/C17H24N2O2/c20-16(19-14-7-2-1-3-8-14)21-13-17-10-5-4-9-15(17)18-12-6-11-17/h1-3,7-8,15,18H,4-6,9-13H2,(H,19,20)/t15-,17+/m1/s1. The maximum Gasteiger partial charge on any atom is 0.411 e. The fourth-order valence-electron chi connectivity index (χ4n) is 3.77. The molecule has 2 aliphatic rings. The molecule has 21 heavy (non-hydrogen) atoms. The van der Waals surface area contributed by atoms with E-state index in [9.17, 15) is 4.79 Å². The number of anilines is 1. The maximum atomic E-state index is 12.0. The van der Waals surface area contributed by atoms with E-state index in [1.807, 2.05) is 30.3 Å². The lowest BCUT2D eigenvalue weighted by Crippen LogP contribution is -2.54. The highest BCUT2D eigenvalue weighted by molar-refractivity contribution is 5.84. The molecule has 1 saturated heterocycles. The SMILES string of the molecule is O=C(Nc1ccccc1)OC[C@@]12CCCC[C@H]1NCCC2. The molecule has 114 valence electrons. The number of para-hydroxylation sites is 1. The van der Waals surface area contributed by atoms with Gasteiger partial charge in [0.15, 0.2) is 0 Å². The predicted octanol–water partition coefficient (Wildman–Crippen LogP) is 3.55. The quantitative estimate of drug-likeness (QED) is 0.894. The molecule has 0 radical (unpaired) electrons. The van der Waals surface area contributed by atoms with Crippen LogP contribution in [-0.2, 0) is 4.74 Å². The van der Waals surface area contributed by atoms with Crippen molar-refractivity contribution in [2.45, 2.75) is 44.6 Å². The van der Waals surface area contributed by atoms with Gasteiger partial charge in [0.2, 0.25) is 0 Å². The first kappa shape index (κ1) is 14.4. The van der Waals surface area contributed by atoms with Crippen LogP contribution in [0.3, 0.4) is 0 Å². The van der Waals surface area contributed by atoms with Crippen LogP contribution < -0.4 is 10.6 Å². The van der Waals surface area contributed by atoms with E-state index in [0.717, 1.165) is 12.2 Å². The monoisotopic (exact) mass is 288 g/mol. The third-order valence-electron chi connectivity index (χ3n) is 4.91. The number of carbonyl (C=O) groups excluding carboxylic acids is 1. The molecule has 4 nitrogen and oxygen atoms in total. The van der Waals surface area contributed by atoms with Gasteiger partial charge in [0, 0.05) is 17.1 Å². The normalized spacial score (nSPS) is 28.5. The highest BCUT2D eigenvalue weighted by Gasteiger charge is 2.43. The largest absolute Gasteiger partial charge is 0.449 e. The van der Waals surface area contributed by atoms with Crippen molar-refractivity contribution in [2.75, 3.05) is 18.5 Å². The first-order valence-electron chi connectivity index (χ1n) is 8.01. The molecule has 0 aromatic heterocycles. The van der Waals surface area contributed by atoms with E-state index in [2.05, 4.69) is 10.6 Å². The molecule has 1 aliphatic carbocycles. The Bertz CT molecular complexity index is 463. The molecule has 2 N–H and O–H groups in total. The number of piperidine rings is 1. The number of benzene rings is 1. The zero-order valence-electron chi connectivity index (χ0n) is 12.4. The fraction of sp³-hybridized carbons (Fsp3) is 0.588. The van der Waals surface area contributed by atoms with E-state index in [-0.39, 0.29) is 11.5 Å². The second-order valence-corrected chi connectivity index (χ2v) is 6.29. The topological polar surface area (TPSA) is 50.4 Å². The van der Waals surface area contributed by atoms with Gasteiger partial charge in [0.1, 0.15) is 6.61 Å². The van der Waals surface area contributed by atoms with Gasteiger partial charge in [-0.25, -0.2) is 4.79 Å². The van der Waals surface area contributed by atoms with Crippen LogP contribution in [-0.4, -0.2) is 25.3 Å². The van der Waals surface area contributed by atoms with Crippen molar-refractivity contribution in [3.63, 3.8) is 0 Å². The van der Waals surface area contributed by atoms with Crippen LogP contribution in [0.2, 0.25) is 0 Å². The number of carbonyl (C=O) groups is 1. The molecular formula is C17H24N2O2. The van der Waals surface area contributed by atoms with Crippen molar-refractivity contribution < 1.29 is 9.53 Å². The molecule has 0 spiro atoms. The summed E-state index contributed by atoms with van der Waals surface area (Å²) in [5.41, 5.74) is 0.937. The van der Waals surface area contributed by atoms with Crippen LogP contribution in [0.25, 0.3) is 0 Å². The lowest BCUT2D eigenvalue weighted by Gasteiger charge is -2.47. The third-order valence-corrected chi connectivity index (χ3v) is 4.91. The van der Waals surface area contributed by atoms with Crippen LogP contribution in [0, 0.1) is 5.41 Å². The van der Waals surface area contributed by atoms with Gasteiger partial charge in [-0.3, -0.25) is 5.32 Å². The Morgan fingerprint density at radius 3 is 2.90 bits per heavy atom. The minimum atomic E-state index is -0.342. The van der Waals surface area contributed by atoms with Crippen LogP contribution in [0.1, 0.15) is 38.5 Å². The van der Waals surface area contributed by atoms with Gasteiger partial charge in [-0.2, -0.15) is 0 Å². The van der Waals surface area contributed by atoms with Gasteiger partial charge in [-0.05, 0) is 44.4 Å². The zero-order valence-corrected chi connectivity index (χ0v) is 12.4. The van der Waals surface area contributed by atoms with Crippen molar-refractivity contribution in [1.82, 2.24) is 5.32 Å². The molecule has 1 aromatic rings. The number of rotatable bonds is 3. The molecule has 4 heteroatoms. The maximum absolute atomic E-state index is 12.0. The molecule has 1 heterocycles. The minimum absolute atomic E-state index is 0.157. The fourth-order valence-corrected chi connectivity index (χ4v) is 3.77. The van der Waals surface area contributed by atoms with Gasteiger partial charge in [0.25, 0.3) is 0 Å². The van der Waals surface area contributed by atoms with Gasteiger partial charge >= 0.3 is 6.09 Å². The second-order valence-electron chi connectivity index (χ2n) is 6.29. The molecule has 1 aliphatic heterocycles. The number of ether oxygens (including phenoxy) is 1. The Hall–Kier alpha value is -1.55. The van der Waals surface area contributed by atoms with Crippen molar-refractivity contribution in [1.29, 1.82) is 0 Å². The van der Waals surface area contributed by atoms with Crippen molar-refractivity contribution in [2.24, 2.45) is 5.41 Å². The van der Waals surface area contributed by atoms with E-state index in [0.29, 0.717) is 12.6 Å². The molecule has 1 saturated carbocycles. The van der Waals surface area contributed by atoms with Crippen LogP contribution in [0.15, 0.2) is 30.3 Å². The smallest absolute Gasteiger partial charge is 0.411 e. The van der Waals surface area contributed by atoms with E-state index in [1.165, 1.54) is 38.5 Å². The Balaban J connectivity index is 1.56. The van der Waals surface area contributed by atoms with Gasteiger partial charge in [-0.1, -0.05) is 31.0 Å². The highest BCUT2D eigenvalue weighted by Crippen LogP contribution is 2.42. The molecule has 0 bridgehead atoms. The molecule has 1 aromatic carbocycles. The second kappa shape index (κ2) is 6.48.